The zero-order chi connectivity index (χ0) is 31.0. The van der Waals surface area contributed by atoms with Crippen LogP contribution in [0.25, 0.3) is 0 Å². The van der Waals surface area contributed by atoms with Crippen molar-refractivity contribution in [1.82, 2.24) is 24.7 Å². The summed E-state index contributed by atoms with van der Waals surface area (Å²) >= 11 is 0. The highest BCUT2D eigenvalue weighted by atomic mass is 16.7. The van der Waals surface area contributed by atoms with E-state index in [-0.39, 0.29) is 12.2 Å². The molecule has 3 aliphatic heterocycles. The number of carboxylic acid groups (broad SMARTS) is 2. The number of nitrogens with zero attached hydrogens (tertiary/aromatic N) is 3. The Hall–Kier alpha value is -3.69. The first kappa shape index (κ1) is 31.3. The summed E-state index contributed by atoms with van der Waals surface area (Å²) in [6.07, 6.45) is -14.2. The molecule has 3 aliphatic rings. The molecule has 2 amide bonds. The molecule has 0 aliphatic carbocycles. The Balaban J connectivity index is 1.71. The minimum Gasteiger partial charge on any atom is -0.477 e. The van der Waals surface area contributed by atoms with E-state index in [4.69, 9.17) is 19.3 Å². The number of rotatable bonds is 8. The molecule has 0 aromatic carbocycles. The molecule has 4 rings (SSSR count). The molecular formula is C23H31N5O14. The van der Waals surface area contributed by atoms with Crippen LogP contribution in [0.5, 0.6) is 0 Å². The van der Waals surface area contributed by atoms with Gasteiger partial charge in [-0.25, -0.2) is 14.4 Å². The predicted molar refractivity (Wildman–Crippen MR) is 134 cm³/mol. The second kappa shape index (κ2) is 12.3. The molecule has 0 bridgehead atoms. The van der Waals surface area contributed by atoms with Crippen molar-refractivity contribution in [3.05, 3.63) is 44.9 Å². The van der Waals surface area contributed by atoms with Crippen LogP contribution < -0.4 is 16.6 Å². The second-order valence-electron chi connectivity index (χ2n) is 9.98. The molecule has 0 spiro atoms. The van der Waals surface area contributed by atoms with Gasteiger partial charge in [0.2, 0.25) is 5.91 Å². The van der Waals surface area contributed by atoms with Crippen molar-refractivity contribution in [2.45, 2.75) is 61.3 Å². The summed E-state index contributed by atoms with van der Waals surface area (Å²) in [6.45, 7) is -0.578. The van der Waals surface area contributed by atoms with E-state index < -0.39 is 97.1 Å². The Morgan fingerprint density at radius 3 is 2.38 bits per heavy atom. The van der Waals surface area contributed by atoms with Gasteiger partial charge in [0.1, 0.15) is 54.5 Å². The normalized spacial score (nSPS) is 34.6. The Bertz CT molecular complexity index is 1350. The molecule has 19 nitrogen and oxygen atoms in total. The van der Waals surface area contributed by atoms with Gasteiger partial charge in [0, 0.05) is 32.4 Å². The minimum absolute atomic E-state index is 0.127. The molecule has 1 aromatic rings. The summed E-state index contributed by atoms with van der Waals surface area (Å²) in [5.41, 5.74) is -2.09. The van der Waals surface area contributed by atoms with Gasteiger partial charge >= 0.3 is 17.8 Å². The smallest absolute Gasteiger partial charge is 0.404 e. The van der Waals surface area contributed by atoms with Crippen molar-refractivity contribution in [1.29, 1.82) is 0 Å². The van der Waals surface area contributed by atoms with Crippen LogP contribution in [0.15, 0.2) is 33.6 Å². The van der Waals surface area contributed by atoms with Crippen molar-refractivity contribution in [3.63, 3.8) is 0 Å². The van der Waals surface area contributed by atoms with Gasteiger partial charge in [-0.15, -0.1) is 0 Å². The van der Waals surface area contributed by atoms with Crippen LogP contribution in [0.1, 0.15) is 6.23 Å². The van der Waals surface area contributed by atoms with Crippen LogP contribution in [-0.2, 0) is 23.8 Å². The summed E-state index contributed by atoms with van der Waals surface area (Å²) in [7, 11) is 2.61. The fraction of sp³-hybridized carbons (Fsp3) is 0.609. The fourth-order valence-electron chi connectivity index (χ4n) is 5.09. The van der Waals surface area contributed by atoms with E-state index in [2.05, 4.69) is 0 Å². The van der Waals surface area contributed by atoms with Crippen LogP contribution in [0, 0.1) is 0 Å². The third-order valence-electron chi connectivity index (χ3n) is 7.31. The van der Waals surface area contributed by atoms with Crippen molar-refractivity contribution in [3.8, 4) is 0 Å². The molecule has 4 heterocycles. The van der Waals surface area contributed by atoms with Crippen LogP contribution in [0.4, 0.5) is 4.79 Å². The topological polar surface area (TPSA) is 274 Å². The zero-order valence-corrected chi connectivity index (χ0v) is 22.2. The number of carbonyl (C=O) groups is 3. The van der Waals surface area contributed by atoms with E-state index in [1.165, 1.54) is 25.1 Å². The Morgan fingerprint density at radius 2 is 1.76 bits per heavy atom. The average Bonchev–Trinajstić information content (AvgIpc) is 3.31. The van der Waals surface area contributed by atoms with E-state index in [0.29, 0.717) is 0 Å². The highest BCUT2D eigenvalue weighted by Gasteiger charge is 2.55. The molecule has 0 radical (unpaired) electrons. The fourth-order valence-corrected chi connectivity index (χ4v) is 5.09. The zero-order valence-electron chi connectivity index (χ0n) is 22.2. The first-order valence-electron chi connectivity index (χ1n) is 12.6. The monoisotopic (exact) mass is 601 g/mol. The first-order chi connectivity index (χ1) is 19.7. The summed E-state index contributed by atoms with van der Waals surface area (Å²) in [5, 5.41) is 63.4. The number of hydrogen-bond donors (Lipinski definition) is 8. The number of nitrogens with one attached hydrogen (secondary N) is 2. The summed E-state index contributed by atoms with van der Waals surface area (Å²) in [4.78, 5) is 64.4. The number of amides is 2. The molecule has 42 heavy (non-hydrogen) atoms. The molecule has 0 unspecified atom stereocenters. The number of carboxylic acids is 1. The highest BCUT2D eigenvalue weighted by molar-refractivity contribution is 5.95. The van der Waals surface area contributed by atoms with Crippen LogP contribution in [0.3, 0.4) is 0 Å². The number of hydrogen-bond acceptors (Lipinski definition) is 13. The molecule has 19 heteroatoms. The molecule has 8 N–H and O–H groups in total. The maximum absolute atomic E-state index is 13.6. The number of aliphatic hydroxyl groups is 4. The number of aliphatic carboxylic acids is 1. The summed E-state index contributed by atoms with van der Waals surface area (Å²) in [5.74, 6) is -2.27. The lowest BCUT2D eigenvalue weighted by Crippen LogP contribution is -2.59. The molecule has 2 fully saturated rings. The SMILES string of the molecule is CN1C(=O)[C@H]([C@H](O[C@@H]2O[C@H](CNC(=O)O)[C@@H](O)[C@H]2O)[C@H]2O[C@@H](n3ccc(=O)[nH]c3=O)[C@H](O)[C@@H]2O)N(C)CC=C1C(=O)O. The maximum atomic E-state index is 13.6. The number of aromatic amines is 1. The maximum Gasteiger partial charge on any atom is 0.404 e. The third kappa shape index (κ3) is 5.94. The first-order valence-corrected chi connectivity index (χ1v) is 12.6. The number of H-pyrrole nitrogens is 1. The Labute approximate surface area is 235 Å². The largest absolute Gasteiger partial charge is 0.477 e. The van der Waals surface area contributed by atoms with Gasteiger partial charge in [0.05, 0.1) is 0 Å². The van der Waals surface area contributed by atoms with Crippen molar-refractivity contribution < 1.29 is 59.2 Å². The van der Waals surface area contributed by atoms with Gasteiger partial charge in [0.15, 0.2) is 12.5 Å². The number of likely N-dealkylation sites (N-methyl/N-ethyl adjacent to an activating group) is 2. The lowest BCUT2D eigenvalue weighted by atomic mass is 9.97. The van der Waals surface area contributed by atoms with Gasteiger partial charge in [0.25, 0.3) is 5.56 Å². The van der Waals surface area contributed by atoms with Crippen molar-refractivity contribution in [2.24, 2.45) is 0 Å². The van der Waals surface area contributed by atoms with Gasteiger partial charge in [-0.05, 0) is 13.1 Å². The Morgan fingerprint density at radius 1 is 1.07 bits per heavy atom. The Kier molecular flexibility index (Phi) is 9.13. The van der Waals surface area contributed by atoms with Crippen molar-refractivity contribution in [2.75, 3.05) is 27.2 Å². The number of aliphatic hydroxyl groups excluding tert-OH is 4. The van der Waals surface area contributed by atoms with Crippen LogP contribution >= 0.6 is 0 Å². The highest BCUT2D eigenvalue weighted by Crippen LogP contribution is 2.36. The van der Waals surface area contributed by atoms with Crippen LogP contribution in [0.2, 0.25) is 0 Å². The lowest BCUT2D eigenvalue weighted by molar-refractivity contribution is -0.233. The van der Waals surface area contributed by atoms with E-state index in [1.54, 1.807) is 0 Å². The summed E-state index contributed by atoms with van der Waals surface area (Å²) < 4.78 is 18.1. The third-order valence-corrected chi connectivity index (χ3v) is 7.31. The lowest BCUT2D eigenvalue weighted by Gasteiger charge is -2.38. The van der Waals surface area contributed by atoms with E-state index in [9.17, 15) is 49.5 Å². The van der Waals surface area contributed by atoms with E-state index in [1.807, 2.05) is 10.3 Å². The second-order valence-corrected chi connectivity index (χ2v) is 9.98. The van der Waals surface area contributed by atoms with E-state index in [0.717, 1.165) is 21.7 Å². The minimum atomic E-state index is -1.85. The predicted octanol–water partition coefficient (Wildman–Crippen LogP) is -5.00. The standard InChI is InChI=1S/C23H31N5O14/c1-26-5-3-8(20(35)36)27(2)18(34)11(26)16(42-21-15(33)12(30)9(40-21)7-24-23(38)39)17-13(31)14(32)19(41-17)28-6-4-10(29)25-22(28)37/h3-4,6,9,11-17,19,21,24,30-33H,5,7H2,1-2H3,(H,35,36)(H,38,39)(H,25,29,37)/t9-,11+,12-,13+,14-,15-,16+,17+,19-,21+/m1/s1. The quantitative estimate of drug-likeness (QED) is 0.139. The van der Waals surface area contributed by atoms with Crippen molar-refractivity contribution >= 4 is 18.0 Å². The molecule has 232 valence electrons. The molecule has 0 saturated carbocycles. The molecular weight excluding hydrogens is 570 g/mol. The number of aromatic nitrogens is 2. The van der Waals surface area contributed by atoms with Gasteiger partial charge in [-0.1, -0.05) is 0 Å². The van der Waals surface area contributed by atoms with Gasteiger partial charge in [-0.3, -0.25) is 24.0 Å². The molecule has 1 aromatic heterocycles. The number of carbonyl (C=O) groups excluding carboxylic acids is 1. The average molecular weight is 602 g/mol. The van der Waals surface area contributed by atoms with Gasteiger partial charge in [-0.2, -0.15) is 0 Å². The molecule has 10 atom stereocenters. The van der Waals surface area contributed by atoms with E-state index >= 15 is 0 Å². The summed E-state index contributed by atoms with van der Waals surface area (Å²) in [6, 6.07) is -0.498. The number of ether oxygens (including phenoxy) is 3. The molecule has 2 saturated heterocycles. The van der Waals surface area contributed by atoms with Gasteiger partial charge < -0.3 is 55.1 Å². The van der Waals surface area contributed by atoms with Crippen LogP contribution in [-0.4, -0.2) is 150 Å².